The molecule has 0 bridgehead atoms. The van der Waals surface area contributed by atoms with Gasteiger partial charge in [0.05, 0.1) is 36.0 Å². The van der Waals surface area contributed by atoms with Gasteiger partial charge in [-0.05, 0) is 79.6 Å². The van der Waals surface area contributed by atoms with Crippen LogP contribution in [0.15, 0.2) is 78.4 Å². The number of phenols is 1. The molecule has 4 amide bonds. The standard InChI is InChI=1S/C39H37ClFN3O8/c1-52-31-19-25(45)14-15-27(31)34-26-16-17-28-33(37(50)43(35(28)48)18-4-2-3-5-32(46)47)29(26)20-30-36(49)44(42-24-12-10-23(41)11-13-24)38(51)39(30,34)21-6-8-22(40)9-7-21/h6-16,19,28-30,33-34,42,45H,2-5,17-18,20H2,1H3,(H,46,47). The summed E-state index contributed by atoms with van der Waals surface area (Å²) in [7, 11) is 1.44. The van der Waals surface area contributed by atoms with E-state index in [-0.39, 0.29) is 49.1 Å². The minimum Gasteiger partial charge on any atom is -0.508 e. The average molecular weight is 730 g/mol. The lowest BCUT2D eigenvalue weighted by Crippen LogP contribution is -2.53. The van der Waals surface area contributed by atoms with Gasteiger partial charge in [-0.2, -0.15) is 5.01 Å². The number of carboxylic acid groups (broad SMARTS) is 1. The zero-order valence-corrected chi connectivity index (χ0v) is 29.0. The van der Waals surface area contributed by atoms with Gasteiger partial charge in [0, 0.05) is 35.5 Å². The molecule has 1 saturated carbocycles. The number of hydrazine groups is 1. The van der Waals surface area contributed by atoms with Crippen molar-refractivity contribution >= 4 is 46.9 Å². The minimum atomic E-state index is -1.59. The molecule has 3 fully saturated rings. The molecule has 0 radical (unpaired) electrons. The van der Waals surface area contributed by atoms with Crippen LogP contribution in [0.4, 0.5) is 10.1 Å². The second kappa shape index (κ2) is 13.7. The number of hydrogen-bond donors (Lipinski definition) is 3. The second-order valence-electron chi connectivity index (χ2n) is 13.8. The van der Waals surface area contributed by atoms with E-state index in [2.05, 4.69) is 5.43 Å². The van der Waals surface area contributed by atoms with Crippen molar-refractivity contribution in [1.82, 2.24) is 9.91 Å². The Morgan fingerprint density at radius 2 is 1.69 bits per heavy atom. The number of unbranched alkanes of at least 4 members (excludes halogenated alkanes) is 2. The number of fused-ring (bicyclic) bond motifs is 4. The number of nitrogens with one attached hydrogen (secondary N) is 1. The fourth-order valence-electron chi connectivity index (χ4n) is 8.95. The molecule has 2 saturated heterocycles. The number of carbonyl (C=O) groups excluding carboxylic acids is 4. The first-order valence-electron chi connectivity index (χ1n) is 17.3. The van der Waals surface area contributed by atoms with Gasteiger partial charge in [0.1, 0.15) is 17.3 Å². The number of aliphatic carboxylic acids is 1. The van der Waals surface area contributed by atoms with Gasteiger partial charge in [-0.1, -0.05) is 47.9 Å². The first-order valence-corrected chi connectivity index (χ1v) is 17.7. The number of benzene rings is 3. The first-order chi connectivity index (χ1) is 25.0. The number of ether oxygens (including phenoxy) is 1. The quantitative estimate of drug-likeness (QED) is 0.126. The van der Waals surface area contributed by atoms with Crippen LogP contribution in [-0.4, -0.2) is 63.4 Å². The minimum absolute atomic E-state index is 0.00114. The number of hydrogen-bond acceptors (Lipinski definition) is 8. The molecule has 13 heteroatoms. The molecule has 6 unspecified atom stereocenters. The zero-order valence-electron chi connectivity index (χ0n) is 28.3. The van der Waals surface area contributed by atoms with Crippen molar-refractivity contribution in [3.8, 4) is 11.5 Å². The molecule has 4 aliphatic rings. The van der Waals surface area contributed by atoms with Crippen LogP contribution in [0.2, 0.25) is 5.02 Å². The highest BCUT2D eigenvalue weighted by atomic mass is 35.5. The number of halogens is 2. The summed E-state index contributed by atoms with van der Waals surface area (Å²) in [6.07, 6.45) is 3.65. The van der Waals surface area contributed by atoms with Crippen LogP contribution in [0.3, 0.4) is 0 Å². The SMILES string of the molecule is COc1cc(O)ccc1C1C2=CCC3C(=O)N(CCCCCC(=O)O)C(=O)C3C2CC2C(=O)N(Nc3ccc(F)cc3)C(=O)C21c1ccc(Cl)cc1. The molecule has 270 valence electrons. The van der Waals surface area contributed by atoms with E-state index in [4.69, 9.17) is 21.4 Å². The van der Waals surface area contributed by atoms with E-state index in [0.29, 0.717) is 46.7 Å². The first kappa shape index (κ1) is 35.2. The Balaban J connectivity index is 1.36. The lowest BCUT2D eigenvalue weighted by Gasteiger charge is -2.50. The van der Waals surface area contributed by atoms with Gasteiger partial charge in [0.15, 0.2) is 0 Å². The molecule has 52 heavy (non-hydrogen) atoms. The number of imide groups is 2. The Kier molecular flexibility index (Phi) is 9.28. The Morgan fingerprint density at radius 1 is 0.962 bits per heavy atom. The average Bonchev–Trinajstić information content (AvgIpc) is 3.49. The fraction of sp³-hybridized carbons (Fsp3) is 0.359. The summed E-state index contributed by atoms with van der Waals surface area (Å²) in [6.45, 7) is 0.159. The lowest BCUT2D eigenvalue weighted by molar-refractivity contribution is -0.141. The number of anilines is 1. The Hall–Kier alpha value is -5.23. The molecular weight excluding hydrogens is 693 g/mol. The van der Waals surface area contributed by atoms with Crippen molar-refractivity contribution in [3.05, 3.63) is 100 Å². The van der Waals surface area contributed by atoms with Crippen LogP contribution in [0.5, 0.6) is 11.5 Å². The molecule has 2 aliphatic heterocycles. The molecule has 2 heterocycles. The van der Waals surface area contributed by atoms with Crippen LogP contribution < -0.4 is 10.2 Å². The normalized spacial score (nSPS) is 26.5. The predicted octanol–water partition coefficient (Wildman–Crippen LogP) is 5.82. The largest absolute Gasteiger partial charge is 0.508 e. The summed E-state index contributed by atoms with van der Waals surface area (Å²) in [5.74, 6) is -6.98. The summed E-state index contributed by atoms with van der Waals surface area (Å²) in [5, 5.41) is 20.9. The maximum atomic E-state index is 15.2. The summed E-state index contributed by atoms with van der Waals surface area (Å²) < 4.78 is 19.6. The van der Waals surface area contributed by atoms with Gasteiger partial charge >= 0.3 is 5.97 Å². The number of likely N-dealkylation sites (tertiary alicyclic amines) is 1. The summed E-state index contributed by atoms with van der Waals surface area (Å²) >= 11 is 6.34. The molecule has 0 spiro atoms. The van der Waals surface area contributed by atoms with Crippen molar-refractivity contribution < 1.29 is 43.3 Å². The molecule has 0 aromatic heterocycles. The Bertz CT molecular complexity index is 1990. The molecule has 3 aromatic rings. The number of nitrogens with zero attached hydrogens (tertiary/aromatic N) is 2. The van der Waals surface area contributed by atoms with Gasteiger partial charge in [-0.25, -0.2) is 4.39 Å². The summed E-state index contributed by atoms with van der Waals surface area (Å²) in [5.41, 5.74) is 3.35. The predicted molar refractivity (Wildman–Crippen MR) is 187 cm³/mol. The highest BCUT2D eigenvalue weighted by Gasteiger charge is 2.70. The molecule has 7 rings (SSSR count). The highest BCUT2D eigenvalue weighted by Crippen LogP contribution is 2.65. The number of phenolic OH excluding ortho intramolecular Hbond substituents is 1. The summed E-state index contributed by atoms with van der Waals surface area (Å²) in [4.78, 5) is 70.2. The highest BCUT2D eigenvalue weighted by molar-refractivity contribution is 6.30. The molecule has 2 aliphatic carbocycles. The van der Waals surface area contributed by atoms with Crippen molar-refractivity contribution in [2.24, 2.45) is 23.7 Å². The number of carbonyl (C=O) groups is 5. The third-order valence-electron chi connectivity index (χ3n) is 11.1. The lowest BCUT2D eigenvalue weighted by atomic mass is 9.49. The van der Waals surface area contributed by atoms with Gasteiger partial charge in [-0.15, -0.1) is 0 Å². The van der Waals surface area contributed by atoms with Gasteiger partial charge in [-0.3, -0.25) is 34.3 Å². The third kappa shape index (κ3) is 5.69. The van der Waals surface area contributed by atoms with E-state index >= 15 is 4.79 Å². The maximum absolute atomic E-state index is 15.2. The number of rotatable bonds is 11. The van der Waals surface area contributed by atoms with Gasteiger partial charge < -0.3 is 14.9 Å². The third-order valence-corrected chi connectivity index (χ3v) is 11.4. The van der Waals surface area contributed by atoms with Crippen LogP contribution in [0, 0.1) is 29.5 Å². The van der Waals surface area contributed by atoms with Gasteiger partial charge in [0.2, 0.25) is 11.8 Å². The van der Waals surface area contributed by atoms with Crippen LogP contribution >= 0.6 is 11.6 Å². The van der Waals surface area contributed by atoms with Crippen molar-refractivity contribution in [2.45, 2.75) is 49.9 Å². The maximum Gasteiger partial charge on any atom is 0.303 e. The van der Waals surface area contributed by atoms with E-state index in [1.54, 1.807) is 30.3 Å². The molecule has 3 N–H and O–H groups in total. The Morgan fingerprint density at radius 3 is 2.38 bits per heavy atom. The number of methoxy groups -OCH3 is 1. The molecular formula is C39H37ClFN3O8. The molecule has 3 aromatic carbocycles. The smallest absolute Gasteiger partial charge is 0.303 e. The second-order valence-corrected chi connectivity index (χ2v) is 14.3. The van der Waals surface area contributed by atoms with E-state index in [1.807, 2.05) is 6.08 Å². The van der Waals surface area contributed by atoms with Crippen molar-refractivity contribution in [1.29, 1.82) is 0 Å². The fourth-order valence-corrected chi connectivity index (χ4v) is 9.07. The molecule has 6 atom stereocenters. The number of amides is 4. The van der Waals surface area contributed by atoms with Crippen LogP contribution in [-0.2, 0) is 29.4 Å². The van der Waals surface area contributed by atoms with Gasteiger partial charge in [0.25, 0.3) is 11.8 Å². The number of carboxylic acids is 1. The summed E-state index contributed by atoms with van der Waals surface area (Å²) in [6, 6.07) is 16.5. The van der Waals surface area contributed by atoms with E-state index in [9.17, 15) is 28.7 Å². The monoisotopic (exact) mass is 729 g/mol. The molecule has 11 nitrogen and oxygen atoms in total. The number of aromatic hydroxyl groups is 1. The zero-order chi connectivity index (χ0) is 36.9. The van der Waals surface area contributed by atoms with Crippen LogP contribution in [0.25, 0.3) is 0 Å². The van der Waals surface area contributed by atoms with Crippen molar-refractivity contribution in [3.63, 3.8) is 0 Å². The topological polar surface area (TPSA) is 154 Å². The van der Waals surface area contributed by atoms with Crippen molar-refractivity contribution in [2.75, 3.05) is 19.1 Å². The Labute approximate surface area is 304 Å². The van der Waals surface area contributed by atoms with E-state index < -0.39 is 58.6 Å². The number of allylic oxidation sites excluding steroid dienone is 2. The van der Waals surface area contributed by atoms with Crippen LogP contribution in [0.1, 0.15) is 55.6 Å². The van der Waals surface area contributed by atoms with E-state index in [0.717, 1.165) is 5.01 Å². The van der Waals surface area contributed by atoms with E-state index in [1.165, 1.54) is 48.4 Å².